The van der Waals surface area contributed by atoms with Gasteiger partial charge in [-0.2, -0.15) is 10.2 Å². The van der Waals surface area contributed by atoms with Gasteiger partial charge in [-0.15, -0.1) is 0 Å². The monoisotopic (exact) mass is 419 g/mol. The van der Waals surface area contributed by atoms with Crippen LogP contribution in [0.2, 0.25) is 0 Å². The first-order valence-electron chi connectivity index (χ1n) is 9.66. The highest BCUT2D eigenvalue weighted by molar-refractivity contribution is 7.62. The Labute approximate surface area is 178 Å². The number of nitrogens with one attached hydrogen (secondary N) is 1. The van der Waals surface area contributed by atoms with Crippen LogP contribution in [0, 0.1) is 32.1 Å². The molecule has 0 amide bonds. The van der Waals surface area contributed by atoms with Crippen molar-refractivity contribution in [1.29, 1.82) is 5.26 Å². The van der Waals surface area contributed by atoms with E-state index in [1.807, 2.05) is 23.1 Å². The number of aromatic nitrogens is 2. The molecule has 0 aliphatic carbocycles. The van der Waals surface area contributed by atoms with Crippen LogP contribution in [0.4, 0.5) is 23.1 Å². The number of rotatable bonds is 6. The van der Waals surface area contributed by atoms with Gasteiger partial charge < -0.3 is 14.8 Å². The number of anilines is 4. The molecule has 2 aromatic carbocycles. The number of benzene rings is 2. The van der Waals surface area contributed by atoms with E-state index < -0.39 is 7.14 Å². The molecule has 0 aliphatic heterocycles. The predicted octanol–water partition coefficient (Wildman–Crippen LogP) is 5.74. The Morgan fingerprint density at radius 2 is 1.70 bits per heavy atom. The van der Waals surface area contributed by atoms with Crippen molar-refractivity contribution >= 4 is 30.3 Å². The van der Waals surface area contributed by atoms with Gasteiger partial charge in [0.15, 0.2) is 0 Å². The third-order valence-electron chi connectivity index (χ3n) is 4.57. The lowest BCUT2D eigenvalue weighted by atomic mass is 10.0. The first kappa shape index (κ1) is 21.5. The molecular formula is C23H26N5OP. The van der Waals surface area contributed by atoms with Crippen LogP contribution >= 0.6 is 7.14 Å². The van der Waals surface area contributed by atoms with Gasteiger partial charge >= 0.3 is 0 Å². The van der Waals surface area contributed by atoms with Gasteiger partial charge in [-0.05, 0) is 75.6 Å². The fraction of sp³-hybridized carbons (Fsp3) is 0.261. The fourth-order valence-electron chi connectivity index (χ4n) is 3.51. The summed E-state index contributed by atoms with van der Waals surface area (Å²) in [4.78, 5) is 11.0. The quantitative estimate of drug-likeness (QED) is 0.514. The second-order valence-corrected chi connectivity index (χ2v) is 11.4. The molecule has 0 saturated heterocycles. The molecule has 1 aromatic heterocycles. The maximum Gasteiger partial charge on any atom is 0.229 e. The lowest BCUT2D eigenvalue weighted by Crippen LogP contribution is -2.22. The van der Waals surface area contributed by atoms with Crippen LogP contribution in [0.1, 0.15) is 22.3 Å². The molecule has 3 aromatic rings. The van der Waals surface area contributed by atoms with Crippen molar-refractivity contribution in [3.8, 4) is 6.07 Å². The molecule has 30 heavy (non-hydrogen) atoms. The second kappa shape index (κ2) is 8.69. The smallest absolute Gasteiger partial charge is 0.229 e. The molecule has 0 spiro atoms. The average Bonchev–Trinajstić information content (AvgIpc) is 2.66. The van der Waals surface area contributed by atoms with E-state index in [4.69, 9.17) is 10.2 Å². The van der Waals surface area contributed by atoms with Crippen molar-refractivity contribution in [3.63, 3.8) is 0 Å². The van der Waals surface area contributed by atoms with Gasteiger partial charge in [0.2, 0.25) is 5.95 Å². The molecule has 3 rings (SSSR count). The number of hydrogen-bond acceptors (Lipinski definition) is 6. The van der Waals surface area contributed by atoms with E-state index in [1.165, 1.54) is 5.56 Å². The summed E-state index contributed by atoms with van der Waals surface area (Å²) in [5.41, 5.74) is 5.82. The highest BCUT2D eigenvalue weighted by Gasteiger charge is 2.22. The predicted molar refractivity (Wildman–Crippen MR) is 124 cm³/mol. The number of nitrogens with zero attached hydrogens (tertiary/aromatic N) is 4. The lowest BCUT2D eigenvalue weighted by Gasteiger charge is -2.29. The van der Waals surface area contributed by atoms with E-state index in [-0.39, 0.29) is 0 Å². The minimum absolute atomic E-state index is 0.380. The Morgan fingerprint density at radius 3 is 2.27 bits per heavy atom. The largest absolute Gasteiger partial charge is 0.324 e. The average molecular weight is 419 g/mol. The third-order valence-corrected chi connectivity index (χ3v) is 5.54. The van der Waals surface area contributed by atoms with Crippen molar-refractivity contribution in [3.05, 3.63) is 70.9 Å². The van der Waals surface area contributed by atoms with Gasteiger partial charge in [0.25, 0.3) is 0 Å². The highest BCUT2D eigenvalue weighted by Crippen LogP contribution is 2.42. The molecule has 0 aliphatic rings. The molecule has 7 heteroatoms. The van der Waals surface area contributed by atoms with Crippen molar-refractivity contribution in [2.24, 2.45) is 0 Å². The molecule has 0 fully saturated rings. The van der Waals surface area contributed by atoms with Crippen LogP contribution in [0.5, 0.6) is 0 Å². The van der Waals surface area contributed by atoms with Crippen LogP contribution in [0.3, 0.4) is 0 Å². The van der Waals surface area contributed by atoms with Crippen molar-refractivity contribution in [1.82, 2.24) is 9.97 Å². The zero-order chi connectivity index (χ0) is 21.9. The van der Waals surface area contributed by atoms with Gasteiger partial charge in [0.1, 0.15) is 13.0 Å². The molecule has 6 nitrogen and oxygen atoms in total. The van der Waals surface area contributed by atoms with Crippen molar-refractivity contribution in [2.45, 2.75) is 20.8 Å². The molecule has 0 unspecified atom stereocenters. The van der Waals surface area contributed by atoms with Crippen molar-refractivity contribution in [2.75, 3.05) is 29.8 Å². The van der Waals surface area contributed by atoms with Gasteiger partial charge in [0.05, 0.1) is 17.9 Å². The van der Waals surface area contributed by atoms with E-state index >= 15 is 0 Å². The Hall–Kier alpha value is -3.16. The van der Waals surface area contributed by atoms with Crippen molar-refractivity contribution < 1.29 is 4.57 Å². The third kappa shape index (κ3) is 5.25. The Kier molecular flexibility index (Phi) is 6.24. The summed E-state index contributed by atoms with van der Waals surface area (Å²) in [5, 5.41) is 12.1. The molecule has 1 N–H and O–H groups in total. The Bertz CT molecular complexity index is 1120. The maximum absolute atomic E-state index is 12.8. The van der Waals surface area contributed by atoms with Gasteiger partial charge in [-0.1, -0.05) is 17.7 Å². The number of hydrogen-bond donors (Lipinski definition) is 1. The zero-order valence-corrected chi connectivity index (χ0v) is 18.9. The lowest BCUT2D eigenvalue weighted by molar-refractivity contribution is 0.582. The zero-order valence-electron chi connectivity index (χ0n) is 18.0. The number of nitriles is 1. The molecule has 0 saturated carbocycles. The van der Waals surface area contributed by atoms with Gasteiger partial charge in [-0.3, -0.25) is 0 Å². The highest BCUT2D eigenvalue weighted by atomic mass is 31.2. The van der Waals surface area contributed by atoms with E-state index in [2.05, 4.69) is 49.3 Å². The van der Waals surface area contributed by atoms with Crippen LogP contribution in [-0.4, -0.2) is 29.6 Å². The van der Waals surface area contributed by atoms with E-state index in [0.717, 1.165) is 22.5 Å². The summed E-state index contributed by atoms with van der Waals surface area (Å²) < 4.78 is 12.8. The Morgan fingerprint density at radius 1 is 1.07 bits per heavy atom. The van der Waals surface area contributed by atoms with Crippen LogP contribution in [-0.2, 0) is 4.57 Å². The summed E-state index contributed by atoms with van der Waals surface area (Å²) in [5.74, 6) is 1.12. The molecule has 0 atom stereocenters. The molecular weight excluding hydrogens is 393 g/mol. The van der Waals surface area contributed by atoms with E-state index in [0.29, 0.717) is 23.6 Å². The van der Waals surface area contributed by atoms with Crippen LogP contribution < -0.4 is 10.2 Å². The summed E-state index contributed by atoms with van der Waals surface area (Å²) >= 11 is 0. The molecule has 1 heterocycles. The van der Waals surface area contributed by atoms with E-state index in [1.54, 1.807) is 31.7 Å². The van der Waals surface area contributed by atoms with Crippen LogP contribution in [0.15, 0.2) is 48.7 Å². The first-order chi connectivity index (χ1) is 14.2. The molecule has 154 valence electrons. The number of aryl methyl sites for hydroxylation is 3. The van der Waals surface area contributed by atoms with Gasteiger partial charge in [0, 0.05) is 17.6 Å². The van der Waals surface area contributed by atoms with Crippen LogP contribution in [0.25, 0.3) is 0 Å². The summed E-state index contributed by atoms with van der Waals surface area (Å²) in [7, 11) is -2.38. The minimum atomic E-state index is -2.38. The second-order valence-electron chi connectivity index (χ2n) is 7.94. The fourth-order valence-corrected chi connectivity index (χ4v) is 4.48. The standard InChI is InChI=1S/C23H26N5OP/c1-16-12-17(2)22(18(3)13-16)28(15-30(4,5)29)21-10-11-25-23(27-21)26-20-8-6-19(14-24)7-9-20/h6-13H,15H2,1-5H3,(H,25,26,27). The SMILES string of the molecule is Cc1cc(C)c(N(CP(C)(C)=O)c2ccnc(Nc3ccc(C#N)cc3)n2)c(C)c1. The first-order valence-corrected chi connectivity index (χ1v) is 12.4. The Balaban J connectivity index is 2.01. The maximum atomic E-state index is 12.8. The minimum Gasteiger partial charge on any atom is -0.324 e. The van der Waals surface area contributed by atoms with E-state index in [9.17, 15) is 4.57 Å². The van der Waals surface area contributed by atoms with Gasteiger partial charge in [-0.25, -0.2) is 4.98 Å². The normalized spacial score (nSPS) is 11.1. The molecule has 0 bridgehead atoms. The molecule has 0 radical (unpaired) electrons. The summed E-state index contributed by atoms with van der Waals surface area (Å²) in [6.45, 7) is 9.78. The summed E-state index contributed by atoms with van der Waals surface area (Å²) in [6.07, 6.45) is 2.07. The topological polar surface area (TPSA) is 81.9 Å². The summed E-state index contributed by atoms with van der Waals surface area (Å²) in [6, 6.07) is 15.3.